The van der Waals surface area contributed by atoms with Gasteiger partial charge in [-0.25, -0.2) is 4.79 Å². The average Bonchev–Trinajstić information content (AvgIpc) is 2.75. The molecule has 5 unspecified atom stereocenters. The highest BCUT2D eigenvalue weighted by Gasteiger charge is 2.33. The molecule has 0 saturated carbocycles. The summed E-state index contributed by atoms with van der Waals surface area (Å²) in [6.45, 7) is 1.14. The molecule has 0 aromatic heterocycles. The lowest BCUT2D eigenvalue weighted by molar-refractivity contribution is -0.144. The van der Waals surface area contributed by atoms with E-state index in [0.717, 1.165) is 6.92 Å². The molecule has 0 spiro atoms. The Morgan fingerprint density at radius 3 is 1.91 bits per heavy atom. The van der Waals surface area contributed by atoms with Gasteiger partial charge in [0.25, 0.3) is 0 Å². The van der Waals surface area contributed by atoms with Gasteiger partial charge in [-0.2, -0.15) is 0 Å². The number of carboxylic acids is 2. The molecule has 0 aliphatic heterocycles. The number of nitrogens with two attached hydrogens (primary N) is 2. The molecule has 0 fully saturated rings. The van der Waals surface area contributed by atoms with E-state index < -0.39 is 78.7 Å². The van der Waals surface area contributed by atoms with E-state index in [4.69, 9.17) is 16.6 Å². The molecule has 0 aliphatic rings. The third-order valence-corrected chi connectivity index (χ3v) is 4.73. The molecule has 0 heterocycles. The smallest absolute Gasteiger partial charge is 0.326 e. The van der Waals surface area contributed by atoms with Gasteiger partial charge >= 0.3 is 11.9 Å². The first-order chi connectivity index (χ1) is 16.3. The van der Waals surface area contributed by atoms with Gasteiger partial charge in [0.2, 0.25) is 23.6 Å². The molecule has 14 nitrogen and oxygen atoms in total. The standard InChI is InChI=1S/C21H29N5O9/c1-10(27)17(20(33)25-14(21(34)35)7-11-5-3-2-4-6-11)26-19(32)13(9-16(29)30)24-18(31)12(22)8-15(23)28/h2-6,10,12-14,17,27H,7-9,22H2,1H3,(H2,23,28)(H,24,31)(H,25,33)(H,26,32)(H,29,30)(H,34,35). The van der Waals surface area contributed by atoms with Crippen LogP contribution in [0, 0.1) is 0 Å². The third kappa shape index (κ3) is 10.2. The molecule has 5 atom stereocenters. The zero-order valence-corrected chi connectivity index (χ0v) is 18.8. The van der Waals surface area contributed by atoms with Gasteiger partial charge in [0.15, 0.2) is 0 Å². The predicted octanol–water partition coefficient (Wildman–Crippen LogP) is -3.17. The van der Waals surface area contributed by atoms with Crippen LogP contribution >= 0.6 is 0 Å². The highest BCUT2D eigenvalue weighted by molar-refractivity contribution is 5.96. The van der Waals surface area contributed by atoms with Crippen molar-refractivity contribution >= 4 is 35.6 Å². The Balaban J connectivity index is 2.97. The molecule has 14 heteroatoms. The summed E-state index contributed by atoms with van der Waals surface area (Å²) in [5.74, 6) is -7.01. The SMILES string of the molecule is CC(O)C(NC(=O)C(CC(=O)O)NC(=O)C(N)CC(N)=O)C(=O)NC(Cc1ccccc1)C(=O)O. The van der Waals surface area contributed by atoms with Gasteiger partial charge in [-0.3, -0.25) is 24.0 Å². The van der Waals surface area contributed by atoms with Crippen molar-refractivity contribution < 1.29 is 44.1 Å². The number of hydrogen-bond donors (Lipinski definition) is 8. The number of nitrogens with one attached hydrogen (secondary N) is 3. The van der Waals surface area contributed by atoms with Gasteiger partial charge in [-0.05, 0) is 12.5 Å². The molecule has 0 bridgehead atoms. The average molecular weight is 495 g/mol. The van der Waals surface area contributed by atoms with E-state index in [9.17, 15) is 39.0 Å². The number of aliphatic hydroxyl groups excluding tert-OH is 1. The van der Waals surface area contributed by atoms with Crippen LogP contribution in [0.3, 0.4) is 0 Å². The van der Waals surface area contributed by atoms with Crippen molar-refractivity contribution in [2.45, 2.75) is 56.5 Å². The van der Waals surface area contributed by atoms with Crippen molar-refractivity contribution in [2.75, 3.05) is 0 Å². The van der Waals surface area contributed by atoms with Gasteiger partial charge in [0, 0.05) is 6.42 Å². The summed E-state index contributed by atoms with van der Waals surface area (Å²) in [5.41, 5.74) is 11.1. The molecule has 35 heavy (non-hydrogen) atoms. The van der Waals surface area contributed by atoms with Crippen LogP contribution in [0.2, 0.25) is 0 Å². The van der Waals surface area contributed by atoms with E-state index in [2.05, 4.69) is 16.0 Å². The fraction of sp³-hybridized carbons (Fsp3) is 0.429. The Kier molecular flexibility index (Phi) is 11.3. The summed E-state index contributed by atoms with van der Waals surface area (Å²) >= 11 is 0. The topological polar surface area (TPSA) is 251 Å². The second kappa shape index (κ2) is 13.6. The Hall–Kier alpha value is -4.04. The van der Waals surface area contributed by atoms with Crippen LogP contribution in [0.25, 0.3) is 0 Å². The Labute approximate surface area is 200 Å². The summed E-state index contributed by atoms with van der Waals surface area (Å²) in [6, 6.07) is 2.12. The second-order valence-corrected chi connectivity index (χ2v) is 7.75. The number of primary amides is 1. The van der Waals surface area contributed by atoms with E-state index >= 15 is 0 Å². The summed E-state index contributed by atoms with van der Waals surface area (Å²) in [6.07, 6.45) is -3.09. The number of carbonyl (C=O) groups excluding carboxylic acids is 4. The first-order valence-electron chi connectivity index (χ1n) is 10.4. The lowest BCUT2D eigenvalue weighted by Crippen LogP contribution is -2.60. The molecule has 0 radical (unpaired) electrons. The fourth-order valence-electron chi connectivity index (χ4n) is 2.94. The zero-order valence-electron chi connectivity index (χ0n) is 18.8. The normalized spacial score (nSPS) is 14.9. The maximum Gasteiger partial charge on any atom is 0.326 e. The minimum atomic E-state index is -1.73. The monoisotopic (exact) mass is 495 g/mol. The second-order valence-electron chi connectivity index (χ2n) is 7.75. The number of amides is 4. The van der Waals surface area contributed by atoms with Crippen molar-refractivity contribution in [1.82, 2.24) is 16.0 Å². The Bertz CT molecular complexity index is 938. The van der Waals surface area contributed by atoms with Crippen LogP contribution in [0.5, 0.6) is 0 Å². The molecule has 1 aromatic rings. The number of rotatable bonds is 14. The summed E-state index contributed by atoms with van der Waals surface area (Å²) < 4.78 is 0. The first kappa shape index (κ1) is 29.0. The van der Waals surface area contributed by atoms with E-state index in [-0.39, 0.29) is 6.42 Å². The van der Waals surface area contributed by atoms with Crippen LogP contribution in [0.1, 0.15) is 25.3 Å². The van der Waals surface area contributed by atoms with Crippen molar-refractivity contribution in [3.8, 4) is 0 Å². The van der Waals surface area contributed by atoms with E-state index in [1.807, 2.05) is 0 Å². The summed E-state index contributed by atoms with van der Waals surface area (Å²) in [4.78, 5) is 71.2. The van der Waals surface area contributed by atoms with Crippen LogP contribution in [-0.2, 0) is 35.2 Å². The van der Waals surface area contributed by atoms with Crippen LogP contribution in [0.15, 0.2) is 30.3 Å². The van der Waals surface area contributed by atoms with Gasteiger partial charge in [0.05, 0.1) is 25.0 Å². The van der Waals surface area contributed by atoms with Crippen molar-refractivity contribution in [3.63, 3.8) is 0 Å². The molecular weight excluding hydrogens is 466 g/mol. The van der Waals surface area contributed by atoms with E-state index in [1.54, 1.807) is 30.3 Å². The maximum absolute atomic E-state index is 12.7. The Morgan fingerprint density at radius 1 is 0.857 bits per heavy atom. The van der Waals surface area contributed by atoms with E-state index in [1.165, 1.54) is 0 Å². The molecule has 192 valence electrons. The summed E-state index contributed by atoms with van der Waals surface area (Å²) in [5, 5.41) is 34.9. The lowest BCUT2D eigenvalue weighted by Gasteiger charge is -2.26. The number of benzene rings is 1. The molecule has 0 saturated heterocycles. The quantitative estimate of drug-likeness (QED) is 0.128. The van der Waals surface area contributed by atoms with Crippen molar-refractivity contribution in [3.05, 3.63) is 35.9 Å². The molecule has 1 rings (SSSR count). The number of aliphatic carboxylic acids is 2. The highest BCUT2D eigenvalue weighted by atomic mass is 16.4. The van der Waals surface area contributed by atoms with Gasteiger partial charge in [0.1, 0.15) is 18.1 Å². The fourth-order valence-corrected chi connectivity index (χ4v) is 2.94. The molecule has 1 aromatic carbocycles. The largest absolute Gasteiger partial charge is 0.481 e. The number of carboxylic acid groups (broad SMARTS) is 2. The first-order valence-corrected chi connectivity index (χ1v) is 10.4. The number of hydrogen-bond acceptors (Lipinski definition) is 8. The summed E-state index contributed by atoms with van der Waals surface area (Å²) in [7, 11) is 0. The van der Waals surface area contributed by atoms with Gasteiger partial charge < -0.3 is 42.7 Å². The number of aliphatic hydroxyl groups is 1. The highest BCUT2D eigenvalue weighted by Crippen LogP contribution is 2.05. The minimum absolute atomic E-state index is 0.0855. The molecular formula is C21H29N5O9. The van der Waals surface area contributed by atoms with Gasteiger partial charge in [-0.15, -0.1) is 0 Å². The molecule has 0 aliphatic carbocycles. The third-order valence-electron chi connectivity index (χ3n) is 4.73. The molecule has 10 N–H and O–H groups in total. The zero-order chi connectivity index (χ0) is 26.7. The van der Waals surface area contributed by atoms with Crippen LogP contribution < -0.4 is 27.4 Å². The molecule has 4 amide bonds. The van der Waals surface area contributed by atoms with Crippen LogP contribution in [-0.4, -0.2) is 81.2 Å². The Morgan fingerprint density at radius 2 is 1.43 bits per heavy atom. The van der Waals surface area contributed by atoms with Crippen molar-refractivity contribution in [2.24, 2.45) is 11.5 Å². The number of carbonyl (C=O) groups is 6. The van der Waals surface area contributed by atoms with Crippen molar-refractivity contribution in [1.29, 1.82) is 0 Å². The van der Waals surface area contributed by atoms with Gasteiger partial charge in [-0.1, -0.05) is 30.3 Å². The predicted molar refractivity (Wildman–Crippen MR) is 119 cm³/mol. The maximum atomic E-state index is 12.7. The lowest BCUT2D eigenvalue weighted by atomic mass is 10.0. The van der Waals surface area contributed by atoms with Crippen LogP contribution in [0.4, 0.5) is 0 Å². The van der Waals surface area contributed by atoms with E-state index in [0.29, 0.717) is 5.56 Å². The minimum Gasteiger partial charge on any atom is -0.481 e.